The van der Waals surface area contributed by atoms with Crippen LogP contribution >= 0.6 is 0 Å². The Labute approximate surface area is 108 Å². The summed E-state index contributed by atoms with van der Waals surface area (Å²) in [5.41, 5.74) is 8.33. The predicted octanol–water partition coefficient (Wildman–Crippen LogP) is 2.65. The lowest BCUT2D eigenvalue weighted by molar-refractivity contribution is 0.414. The van der Waals surface area contributed by atoms with E-state index in [0.717, 1.165) is 18.6 Å². The van der Waals surface area contributed by atoms with Crippen LogP contribution in [0.5, 0.6) is 5.75 Å². The van der Waals surface area contributed by atoms with E-state index in [0.29, 0.717) is 12.5 Å². The number of nitrogens with two attached hydrogens (primary N) is 1. The number of methoxy groups -OCH3 is 1. The van der Waals surface area contributed by atoms with Gasteiger partial charge in [0.2, 0.25) is 0 Å². The summed E-state index contributed by atoms with van der Waals surface area (Å²) in [5.74, 6) is 1.33. The van der Waals surface area contributed by atoms with E-state index < -0.39 is 0 Å². The Morgan fingerprint density at radius 3 is 2.39 bits per heavy atom. The topological polar surface area (TPSA) is 48.4 Å². The molecule has 1 atom stereocenters. The average molecular weight is 245 g/mol. The Morgan fingerprint density at radius 2 is 1.83 bits per heavy atom. The summed E-state index contributed by atoms with van der Waals surface area (Å²) in [6.45, 7) is 0.678. The SMILES string of the molecule is COc1ccc(CC(CN)Cc2ccoc2)cc1. The van der Waals surface area contributed by atoms with Gasteiger partial charge in [0, 0.05) is 0 Å². The zero-order valence-corrected chi connectivity index (χ0v) is 10.6. The van der Waals surface area contributed by atoms with Gasteiger partial charge in [0.25, 0.3) is 0 Å². The molecular formula is C15H19NO2. The van der Waals surface area contributed by atoms with Crippen LogP contribution in [0.3, 0.4) is 0 Å². The van der Waals surface area contributed by atoms with Gasteiger partial charge in [-0.15, -0.1) is 0 Å². The normalized spacial score (nSPS) is 12.3. The van der Waals surface area contributed by atoms with Crippen molar-refractivity contribution >= 4 is 0 Å². The van der Waals surface area contributed by atoms with Crippen LogP contribution in [0.2, 0.25) is 0 Å². The summed E-state index contributed by atoms with van der Waals surface area (Å²) >= 11 is 0. The molecule has 0 amide bonds. The number of hydrogen-bond donors (Lipinski definition) is 1. The van der Waals surface area contributed by atoms with Gasteiger partial charge in [-0.05, 0) is 54.6 Å². The Hall–Kier alpha value is -1.74. The molecular weight excluding hydrogens is 226 g/mol. The molecule has 2 aromatic rings. The maximum atomic E-state index is 5.84. The molecule has 0 bridgehead atoms. The van der Waals surface area contributed by atoms with E-state index in [9.17, 15) is 0 Å². The Kier molecular flexibility index (Phi) is 4.42. The van der Waals surface area contributed by atoms with Gasteiger partial charge >= 0.3 is 0 Å². The molecule has 1 aromatic heterocycles. The number of furan rings is 1. The summed E-state index contributed by atoms with van der Waals surface area (Å²) < 4.78 is 10.2. The maximum Gasteiger partial charge on any atom is 0.118 e. The van der Waals surface area contributed by atoms with Crippen molar-refractivity contribution in [3.05, 3.63) is 54.0 Å². The lowest BCUT2D eigenvalue weighted by Crippen LogP contribution is -2.19. The molecule has 0 saturated heterocycles. The van der Waals surface area contributed by atoms with Gasteiger partial charge < -0.3 is 14.9 Å². The van der Waals surface area contributed by atoms with E-state index in [1.54, 1.807) is 19.6 Å². The highest BCUT2D eigenvalue weighted by molar-refractivity contribution is 5.27. The molecule has 0 radical (unpaired) electrons. The lowest BCUT2D eigenvalue weighted by Gasteiger charge is -2.14. The predicted molar refractivity (Wildman–Crippen MR) is 71.7 cm³/mol. The largest absolute Gasteiger partial charge is 0.497 e. The molecule has 1 unspecified atom stereocenters. The van der Waals surface area contributed by atoms with Crippen molar-refractivity contribution in [1.29, 1.82) is 0 Å². The number of hydrogen-bond acceptors (Lipinski definition) is 3. The third-order valence-corrected chi connectivity index (χ3v) is 3.12. The summed E-state index contributed by atoms with van der Waals surface area (Å²) in [6, 6.07) is 10.2. The third-order valence-electron chi connectivity index (χ3n) is 3.12. The van der Waals surface area contributed by atoms with Crippen LogP contribution in [0, 0.1) is 5.92 Å². The summed E-state index contributed by atoms with van der Waals surface area (Å²) in [6.07, 6.45) is 5.43. The van der Waals surface area contributed by atoms with Crippen molar-refractivity contribution in [1.82, 2.24) is 0 Å². The first-order valence-corrected chi connectivity index (χ1v) is 6.16. The molecule has 96 valence electrons. The zero-order chi connectivity index (χ0) is 12.8. The molecule has 0 saturated carbocycles. The van der Waals surface area contributed by atoms with Crippen LogP contribution < -0.4 is 10.5 Å². The van der Waals surface area contributed by atoms with Gasteiger partial charge in [0.15, 0.2) is 0 Å². The van der Waals surface area contributed by atoms with E-state index >= 15 is 0 Å². The molecule has 3 nitrogen and oxygen atoms in total. The highest BCUT2D eigenvalue weighted by Gasteiger charge is 2.10. The van der Waals surface area contributed by atoms with Crippen LogP contribution in [-0.4, -0.2) is 13.7 Å². The van der Waals surface area contributed by atoms with E-state index in [-0.39, 0.29) is 0 Å². The Morgan fingerprint density at radius 1 is 1.11 bits per heavy atom. The minimum absolute atomic E-state index is 0.441. The fourth-order valence-corrected chi connectivity index (χ4v) is 2.08. The van der Waals surface area contributed by atoms with Gasteiger partial charge in [-0.25, -0.2) is 0 Å². The molecule has 2 rings (SSSR count). The standard InChI is InChI=1S/C15H19NO2/c1-17-15-4-2-12(3-5-15)8-14(10-16)9-13-6-7-18-11-13/h2-7,11,14H,8-10,16H2,1H3. The first-order chi connectivity index (χ1) is 8.81. The molecule has 3 heteroatoms. The minimum Gasteiger partial charge on any atom is -0.497 e. The van der Waals surface area contributed by atoms with Crippen molar-refractivity contribution in [2.45, 2.75) is 12.8 Å². The van der Waals surface area contributed by atoms with Crippen LogP contribution in [0.15, 0.2) is 47.3 Å². The molecule has 18 heavy (non-hydrogen) atoms. The first-order valence-electron chi connectivity index (χ1n) is 6.16. The highest BCUT2D eigenvalue weighted by atomic mass is 16.5. The van der Waals surface area contributed by atoms with Crippen LogP contribution in [0.1, 0.15) is 11.1 Å². The molecule has 0 aliphatic heterocycles. The van der Waals surface area contributed by atoms with Crippen LogP contribution in [0.4, 0.5) is 0 Å². The average Bonchev–Trinajstić information content (AvgIpc) is 2.91. The lowest BCUT2D eigenvalue weighted by atomic mass is 9.94. The molecule has 1 aromatic carbocycles. The second-order valence-corrected chi connectivity index (χ2v) is 4.49. The second-order valence-electron chi connectivity index (χ2n) is 4.49. The molecule has 0 aliphatic rings. The monoisotopic (exact) mass is 245 g/mol. The second kappa shape index (κ2) is 6.26. The Balaban J connectivity index is 1.96. The van der Waals surface area contributed by atoms with Gasteiger partial charge in [-0.2, -0.15) is 0 Å². The summed E-state index contributed by atoms with van der Waals surface area (Å²) in [7, 11) is 1.68. The minimum atomic E-state index is 0.441. The Bertz CT molecular complexity index is 448. The molecule has 0 fully saturated rings. The van der Waals surface area contributed by atoms with Gasteiger partial charge in [0.05, 0.1) is 19.6 Å². The van der Waals surface area contributed by atoms with Crippen molar-refractivity contribution in [3.63, 3.8) is 0 Å². The van der Waals surface area contributed by atoms with E-state index in [1.807, 2.05) is 18.2 Å². The molecule has 2 N–H and O–H groups in total. The van der Waals surface area contributed by atoms with Crippen molar-refractivity contribution in [2.24, 2.45) is 11.7 Å². The van der Waals surface area contributed by atoms with Crippen LogP contribution in [-0.2, 0) is 12.8 Å². The third kappa shape index (κ3) is 3.37. The van der Waals surface area contributed by atoms with E-state index in [2.05, 4.69) is 12.1 Å². The van der Waals surface area contributed by atoms with E-state index in [4.69, 9.17) is 14.9 Å². The number of benzene rings is 1. The number of ether oxygens (including phenoxy) is 1. The maximum absolute atomic E-state index is 5.84. The van der Waals surface area contributed by atoms with E-state index in [1.165, 1.54) is 11.1 Å². The van der Waals surface area contributed by atoms with Gasteiger partial charge in [-0.1, -0.05) is 12.1 Å². The molecule has 1 heterocycles. The van der Waals surface area contributed by atoms with Gasteiger partial charge in [0.1, 0.15) is 5.75 Å². The molecule has 0 aliphatic carbocycles. The fourth-order valence-electron chi connectivity index (χ4n) is 2.08. The van der Waals surface area contributed by atoms with Crippen molar-refractivity contribution < 1.29 is 9.15 Å². The van der Waals surface area contributed by atoms with Crippen molar-refractivity contribution in [3.8, 4) is 5.75 Å². The van der Waals surface area contributed by atoms with Gasteiger partial charge in [-0.3, -0.25) is 0 Å². The quantitative estimate of drug-likeness (QED) is 0.851. The first kappa shape index (κ1) is 12.7. The molecule has 0 spiro atoms. The fraction of sp³-hybridized carbons (Fsp3) is 0.333. The zero-order valence-electron chi connectivity index (χ0n) is 10.6. The van der Waals surface area contributed by atoms with Crippen LogP contribution in [0.25, 0.3) is 0 Å². The number of rotatable bonds is 6. The smallest absolute Gasteiger partial charge is 0.118 e. The summed E-state index contributed by atoms with van der Waals surface area (Å²) in [5, 5.41) is 0. The summed E-state index contributed by atoms with van der Waals surface area (Å²) in [4.78, 5) is 0. The van der Waals surface area contributed by atoms with Crippen molar-refractivity contribution in [2.75, 3.05) is 13.7 Å². The highest BCUT2D eigenvalue weighted by Crippen LogP contribution is 2.17.